The minimum absolute atomic E-state index is 0.476. The minimum Gasteiger partial charge on any atom is -0.292 e. The van der Waals surface area contributed by atoms with Crippen LogP contribution in [0, 0.1) is 0 Å². The summed E-state index contributed by atoms with van der Waals surface area (Å²) >= 11 is 1.88. The second-order valence-corrected chi connectivity index (χ2v) is 11.7. The molecule has 0 N–H and O–H groups in total. The molecule has 0 saturated carbocycles. The standard InChI is InChI=1S/C36H26N2S/c1-22(2)25-18-19-32-31(20-25)27-8-3-4-10-30(27)36-37-21-33(38(32)36)24-16-14-23(15-17-24)26-11-7-12-29-28-9-5-6-13-34(28)39-35(26)29/h3-22H,1-2H3. The molecule has 0 bridgehead atoms. The normalized spacial score (nSPS) is 12.1. The van der Waals surface area contributed by atoms with Crippen molar-refractivity contribution in [3.8, 4) is 22.4 Å². The molecule has 0 amide bonds. The van der Waals surface area contributed by atoms with E-state index in [-0.39, 0.29) is 0 Å². The Balaban J connectivity index is 1.32. The van der Waals surface area contributed by atoms with Crippen LogP contribution in [-0.4, -0.2) is 9.38 Å². The third-order valence-electron chi connectivity index (χ3n) is 8.04. The van der Waals surface area contributed by atoms with Crippen LogP contribution in [0.1, 0.15) is 25.3 Å². The monoisotopic (exact) mass is 518 g/mol. The SMILES string of the molecule is CC(C)c1ccc2c(c1)c1ccccc1c1ncc(-c3ccc(-c4cccc5c4sc4ccccc45)cc3)n21. The highest BCUT2D eigenvalue weighted by Crippen LogP contribution is 2.40. The fourth-order valence-corrected chi connectivity index (χ4v) is 7.26. The van der Waals surface area contributed by atoms with Crippen LogP contribution < -0.4 is 0 Å². The summed E-state index contributed by atoms with van der Waals surface area (Å²) in [6, 6.07) is 39.9. The van der Waals surface area contributed by atoms with Gasteiger partial charge in [0.2, 0.25) is 0 Å². The van der Waals surface area contributed by atoms with Crippen molar-refractivity contribution in [2.75, 3.05) is 0 Å². The van der Waals surface area contributed by atoms with E-state index >= 15 is 0 Å². The minimum atomic E-state index is 0.476. The molecule has 39 heavy (non-hydrogen) atoms. The highest BCUT2D eigenvalue weighted by molar-refractivity contribution is 7.26. The quantitative estimate of drug-likeness (QED) is 0.213. The predicted molar refractivity (Wildman–Crippen MR) is 168 cm³/mol. The molecule has 0 aliphatic heterocycles. The molecule has 3 heteroatoms. The van der Waals surface area contributed by atoms with Crippen molar-refractivity contribution in [3.05, 3.63) is 121 Å². The number of rotatable bonds is 3. The number of hydrogen-bond acceptors (Lipinski definition) is 2. The number of aromatic nitrogens is 2. The largest absolute Gasteiger partial charge is 0.292 e. The molecule has 3 aromatic heterocycles. The first-order chi connectivity index (χ1) is 19.2. The first kappa shape index (κ1) is 22.5. The molecule has 0 spiro atoms. The summed E-state index contributed by atoms with van der Waals surface area (Å²) in [6.07, 6.45) is 2.03. The highest BCUT2D eigenvalue weighted by atomic mass is 32.1. The van der Waals surface area contributed by atoms with E-state index in [1.165, 1.54) is 64.1 Å². The number of pyridine rings is 1. The summed E-state index contributed by atoms with van der Waals surface area (Å²) < 4.78 is 5.02. The Morgan fingerprint density at radius 2 is 1.36 bits per heavy atom. The Hall–Kier alpha value is -4.47. The molecule has 0 fully saturated rings. The van der Waals surface area contributed by atoms with Gasteiger partial charge in [-0.05, 0) is 46.2 Å². The Kier molecular flexibility index (Phi) is 4.92. The summed E-state index contributed by atoms with van der Waals surface area (Å²) in [5.41, 5.74) is 8.36. The maximum atomic E-state index is 4.94. The van der Waals surface area contributed by atoms with E-state index in [1.54, 1.807) is 0 Å². The van der Waals surface area contributed by atoms with Crippen LogP contribution in [0.3, 0.4) is 0 Å². The Bertz CT molecular complexity index is 2200. The molecule has 0 aliphatic rings. The van der Waals surface area contributed by atoms with Crippen LogP contribution in [0.25, 0.3) is 69.9 Å². The van der Waals surface area contributed by atoms with Gasteiger partial charge in [0.1, 0.15) is 5.65 Å². The Morgan fingerprint density at radius 3 is 2.18 bits per heavy atom. The molecular formula is C36H26N2S. The zero-order chi connectivity index (χ0) is 26.1. The maximum absolute atomic E-state index is 4.94. The van der Waals surface area contributed by atoms with Gasteiger partial charge < -0.3 is 0 Å². The highest BCUT2D eigenvalue weighted by Gasteiger charge is 2.16. The lowest BCUT2D eigenvalue weighted by Gasteiger charge is -2.14. The molecule has 2 nitrogen and oxygen atoms in total. The van der Waals surface area contributed by atoms with Gasteiger partial charge in [0, 0.05) is 36.5 Å². The van der Waals surface area contributed by atoms with E-state index < -0.39 is 0 Å². The third-order valence-corrected chi connectivity index (χ3v) is 9.26. The van der Waals surface area contributed by atoms with Gasteiger partial charge in [-0.25, -0.2) is 4.98 Å². The fraction of sp³-hybridized carbons (Fsp3) is 0.0833. The van der Waals surface area contributed by atoms with Crippen molar-refractivity contribution in [1.29, 1.82) is 0 Å². The van der Waals surface area contributed by atoms with E-state index in [9.17, 15) is 0 Å². The molecule has 0 atom stereocenters. The molecule has 0 unspecified atom stereocenters. The van der Waals surface area contributed by atoms with Crippen molar-refractivity contribution in [2.24, 2.45) is 0 Å². The van der Waals surface area contributed by atoms with E-state index in [4.69, 9.17) is 4.98 Å². The van der Waals surface area contributed by atoms with Gasteiger partial charge in [0.05, 0.1) is 17.4 Å². The second-order valence-electron chi connectivity index (χ2n) is 10.6. The fourth-order valence-electron chi connectivity index (χ4n) is 6.02. The molecule has 0 aliphatic carbocycles. The number of benzene rings is 5. The van der Waals surface area contributed by atoms with E-state index in [0.717, 1.165) is 11.3 Å². The molecular weight excluding hydrogens is 492 g/mol. The summed E-state index contributed by atoms with van der Waals surface area (Å²) in [6.45, 7) is 4.51. The van der Waals surface area contributed by atoms with Crippen LogP contribution in [0.4, 0.5) is 0 Å². The van der Waals surface area contributed by atoms with Gasteiger partial charge >= 0.3 is 0 Å². The zero-order valence-electron chi connectivity index (χ0n) is 21.8. The van der Waals surface area contributed by atoms with Gasteiger partial charge in [-0.1, -0.05) is 105 Å². The summed E-state index contributed by atoms with van der Waals surface area (Å²) in [4.78, 5) is 4.94. The maximum Gasteiger partial charge on any atom is 0.145 e. The van der Waals surface area contributed by atoms with Crippen LogP contribution in [0.5, 0.6) is 0 Å². The summed E-state index contributed by atoms with van der Waals surface area (Å²) in [5, 5.41) is 6.38. The summed E-state index contributed by atoms with van der Waals surface area (Å²) in [5.74, 6) is 0.476. The topological polar surface area (TPSA) is 17.3 Å². The summed E-state index contributed by atoms with van der Waals surface area (Å²) in [7, 11) is 0. The lowest BCUT2D eigenvalue weighted by molar-refractivity contribution is 0.868. The van der Waals surface area contributed by atoms with Crippen LogP contribution in [0.2, 0.25) is 0 Å². The number of fused-ring (bicyclic) bond motifs is 9. The number of thiophene rings is 1. The first-order valence-electron chi connectivity index (χ1n) is 13.5. The third kappa shape index (κ3) is 3.36. The Labute approximate surface area is 230 Å². The number of hydrogen-bond donors (Lipinski definition) is 0. The van der Waals surface area contributed by atoms with Crippen LogP contribution >= 0.6 is 11.3 Å². The van der Waals surface area contributed by atoms with Gasteiger partial charge in [0.15, 0.2) is 0 Å². The molecule has 5 aromatic carbocycles. The Morgan fingerprint density at radius 1 is 0.641 bits per heavy atom. The predicted octanol–water partition coefficient (Wildman–Crippen LogP) is 10.5. The van der Waals surface area contributed by atoms with Gasteiger partial charge in [0.25, 0.3) is 0 Å². The smallest absolute Gasteiger partial charge is 0.145 e. The molecule has 186 valence electrons. The zero-order valence-corrected chi connectivity index (χ0v) is 22.7. The van der Waals surface area contributed by atoms with E-state index in [2.05, 4.69) is 127 Å². The molecule has 0 saturated heterocycles. The average Bonchev–Trinajstić information content (AvgIpc) is 3.60. The van der Waals surface area contributed by atoms with E-state index in [0.29, 0.717) is 5.92 Å². The average molecular weight is 519 g/mol. The molecule has 0 radical (unpaired) electrons. The van der Waals surface area contributed by atoms with Crippen molar-refractivity contribution < 1.29 is 0 Å². The van der Waals surface area contributed by atoms with Crippen molar-refractivity contribution in [2.45, 2.75) is 19.8 Å². The number of imidazole rings is 1. The van der Waals surface area contributed by atoms with Gasteiger partial charge in [-0.3, -0.25) is 4.40 Å². The number of nitrogens with zero attached hydrogens (tertiary/aromatic N) is 2. The van der Waals surface area contributed by atoms with Crippen molar-refractivity contribution in [1.82, 2.24) is 9.38 Å². The first-order valence-corrected chi connectivity index (χ1v) is 14.3. The van der Waals surface area contributed by atoms with Crippen molar-refractivity contribution in [3.63, 3.8) is 0 Å². The van der Waals surface area contributed by atoms with Gasteiger partial charge in [-0.15, -0.1) is 11.3 Å². The lowest BCUT2D eigenvalue weighted by atomic mass is 9.98. The van der Waals surface area contributed by atoms with Crippen LogP contribution in [0.15, 0.2) is 115 Å². The van der Waals surface area contributed by atoms with Crippen molar-refractivity contribution >= 4 is 58.8 Å². The molecule has 8 aromatic rings. The van der Waals surface area contributed by atoms with Gasteiger partial charge in [-0.2, -0.15) is 0 Å². The van der Waals surface area contributed by atoms with E-state index in [1.807, 2.05) is 17.5 Å². The van der Waals surface area contributed by atoms with Crippen LogP contribution in [-0.2, 0) is 0 Å². The second kappa shape index (κ2) is 8.52. The molecule has 8 rings (SSSR count). The lowest BCUT2D eigenvalue weighted by Crippen LogP contribution is -1.96. The molecule has 3 heterocycles.